The molecule has 1 aromatic carbocycles. The van der Waals surface area contributed by atoms with Gasteiger partial charge in [-0.15, -0.1) is 0 Å². The van der Waals surface area contributed by atoms with Crippen LogP contribution in [0.1, 0.15) is 25.8 Å². The molecule has 0 fully saturated rings. The maximum Gasteiger partial charge on any atom is 0.326 e. The van der Waals surface area contributed by atoms with Crippen LogP contribution >= 0.6 is 0 Å². The molecule has 0 radical (unpaired) electrons. The molecule has 2 amide bonds. The molecule has 21 heavy (non-hydrogen) atoms. The number of carbonyl (C=O) groups excluding carboxylic acids is 1. The molecule has 0 bridgehead atoms. The number of aryl methyl sites for hydroxylation is 1. The third kappa shape index (κ3) is 6.65. The first-order valence-electron chi connectivity index (χ1n) is 6.85. The zero-order valence-corrected chi connectivity index (χ0v) is 12.6. The maximum absolute atomic E-state index is 11.6. The van der Waals surface area contributed by atoms with Gasteiger partial charge in [-0.2, -0.15) is 0 Å². The Bertz CT molecular complexity index is 471. The third-order valence-corrected chi connectivity index (χ3v) is 2.80. The SMILES string of the molecule is Cc1ccc(OCNC(=O)NC(CC(C)C)C(=O)O)cc1. The van der Waals surface area contributed by atoms with Crippen LogP contribution in [-0.2, 0) is 4.79 Å². The van der Waals surface area contributed by atoms with Crippen LogP contribution in [0.4, 0.5) is 4.79 Å². The van der Waals surface area contributed by atoms with Crippen molar-refractivity contribution in [3.05, 3.63) is 29.8 Å². The van der Waals surface area contributed by atoms with E-state index < -0.39 is 18.0 Å². The molecule has 0 heterocycles. The number of carbonyl (C=O) groups is 2. The van der Waals surface area contributed by atoms with Gasteiger partial charge in [-0.3, -0.25) is 0 Å². The van der Waals surface area contributed by atoms with Crippen molar-refractivity contribution >= 4 is 12.0 Å². The van der Waals surface area contributed by atoms with Gasteiger partial charge in [0.25, 0.3) is 0 Å². The van der Waals surface area contributed by atoms with Crippen molar-refractivity contribution in [3.8, 4) is 5.75 Å². The van der Waals surface area contributed by atoms with E-state index in [1.54, 1.807) is 12.1 Å². The zero-order valence-electron chi connectivity index (χ0n) is 12.6. The van der Waals surface area contributed by atoms with E-state index in [-0.39, 0.29) is 12.6 Å². The zero-order chi connectivity index (χ0) is 15.8. The van der Waals surface area contributed by atoms with E-state index in [4.69, 9.17) is 9.84 Å². The van der Waals surface area contributed by atoms with Crippen LogP contribution in [0.2, 0.25) is 0 Å². The van der Waals surface area contributed by atoms with Crippen LogP contribution in [0, 0.1) is 12.8 Å². The fourth-order valence-electron chi connectivity index (χ4n) is 1.72. The average Bonchev–Trinajstić information content (AvgIpc) is 2.39. The lowest BCUT2D eigenvalue weighted by atomic mass is 10.0. The minimum absolute atomic E-state index is 0.0249. The number of aliphatic carboxylic acids is 1. The molecule has 0 aliphatic carbocycles. The fraction of sp³-hybridized carbons (Fsp3) is 0.467. The normalized spacial score (nSPS) is 11.8. The molecular formula is C15H22N2O4. The number of nitrogens with one attached hydrogen (secondary N) is 2. The van der Waals surface area contributed by atoms with Gasteiger partial charge in [0.2, 0.25) is 0 Å². The van der Waals surface area contributed by atoms with Crippen molar-refractivity contribution in [2.75, 3.05) is 6.73 Å². The summed E-state index contributed by atoms with van der Waals surface area (Å²) in [7, 11) is 0. The van der Waals surface area contributed by atoms with Crippen molar-refractivity contribution in [1.29, 1.82) is 0 Å². The lowest BCUT2D eigenvalue weighted by Crippen LogP contribution is -2.47. The van der Waals surface area contributed by atoms with Crippen LogP contribution in [0.25, 0.3) is 0 Å². The smallest absolute Gasteiger partial charge is 0.326 e. The second kappa shape index (κ2) is 8.14. The first-order chi connectivity index (χ1) is 9.88. The minimum atomic E-state index is -1.04. The van der Waals surface area contributed by atoms with E-state index in [2.05, 4.69) is 10.6 Å². The lowest BCUT2D eigenvalue weighted by Gasteiger charge is -2.17. The van der Waals surface area contributed by atoms with Gasteiger partial charge in [0.15, 0.2) is 6.73 Å². The number of carboxylic acids is 1. The van der Waals surface area contributed by atoms with E-state index in [1.807, 2.05) is 32.9 Å². The number of hydrogen-bond acceptors (Lipinski definition) is 3. The van der Waals surface area contributed by atoms with E-state index in [1.165, 1.54) is 0 Å². The Morgan fingerprint density at radius 1 is 1.24 bits per heavy atom. The Kier molecular flexibility index (Phi) is 6.52. The summed E-state index contributed by atoms with van der Waals surface area (Å²) in [6, 6.07) is 5.94. The van der Waals surface area contributed by atoms with Gasteiger partial charge in [0.05, 0.1) is 0 Å². The molecule has 1 aromatic rings. The summed E-state index contributed by atoms with van der Waals surface area (Å²) in [5.41, 5.74) is 1.12. The molecule has 0 saturated carbocycles. The monoisotopic (exact) mass is 294 g/mol. The van der Waals surface area contributed by atoms with Gasteiger partial charge in [0, 0.05) is 0 Å². The number of ether oxygens (including phenoxy) is 1. The predicted molar refractivity (Wildman–Crippen MR) is 79.2 cm³/mol. The summed E-state index contributed by atoms with van der Waals surface area (Å²) >= 11 is 0. The molecule has 0 saturated heterocycles. The van der Waals surface area contributed by atoms with E-state index in [0.717, 1.165) is 5.56 Å². The summed E-state index contributed by atoms with van der Waals surface area (Å²) in [5.74, 6) is -0.230. The van der Waals surface area contributed by atoms with Gasteiger partial charge >= 0.3 is 12.0 Å². The Morgan fingerprint density at radius 3 is 2.38 bits per heavy atom. The molecular weight excluding hydrogens is 272 g/mol. The summed E-state index contributed by atoms with van der Waals surface area (Å²) in [4.78, 5) is 22.6. The van der Waals surface area contributed by atoms with Crippen molar-refractivity contribution in [1.82, 2.24) is 10.6 Å². The second-order valence-corrected chi connectivity index (χ2v) is 5.27. The van der Waals surface area contributed by atoms with Crippen LogP contribution in [0.3, 0.4) is 0 Å². The third-order valence-electron chi connectivity index (χ3n) is 2.80. The average molecular weight is 294 g/mol. The van der Waals surface area contributed by atoms with E-state index in [0.29, 0.717) is 12.2 Å². The summed E-state index contributed by atoms with van der Waals surface area (Å²) in [6.45, 7) is 5.74. The van der Waals surface area contributed by atoms with Crippen LogP contribution in [0.15, 0.2) is 24.3 Å². The van der Waals surface area contributed by atoms with E-state index >= 15 is 0 Å². The minimum Gasteiger partial charge on any atom is -0.480 e. The Labute approximate surface area is 124 Å². The van der Waals surface area contributed by atoms with Gasteiger partial charge in [-0.25, -0.2) is 9.59 Å². The van der Waals surface area contributed by atoms with Crippen molar-refractivity contribution < 1.29 is 19.4 Å². The van der Waals surface area contributed by atoms with Gasteiger partial charge in [-0.1, -0.05) is 31.5 Å². The largest absolute Gasteiger partial charge is 0.480 e. The molecule has 6 heteroatoms. The summed E-state index contributed by atoms with van der Waals surface area (Å²) < 4.78 is 5.34. The standard InChI is InChI=1S/C15H22N2O4/c1-10(2)8-13(14(18)19)17-15(20)16-9-21-12-6-4-11(3)5-7-12/h4-7,10,13H,8-9H2,1-3H3,(H,18,19)(H2,16,17,20). The highest BCUT2D eigenvalue weighted by Crippen LogP contribution is 2.10. The fourth-order valence-corrected chi connectivity index (χ4v) is 1.72. The predicted octanol–water partition coefficient (Wildman–Crippen LogP) is 2.13. The Balaban J connectivity index is 2.35. The number of urea groups is 1. The number of benzene rings is 1. The number of carboxylic acid groups (broad SMARTS) is 1. The van der Waals surface area contributed by atoms with Gasteiger partial charge in [0.1, 0.15) is 11.8 Å². The molecule has 0 aromatic heterocycles. The molecule has 6 nitrogen and oxygen atoms in total. The topological polar surface area (TPSA) is 87.7 Å². The Morgan fingerprint density at radius 2 is 1.86 bits per heavy atom. The quantitative estimate of drug-likeness (QED) is 0.672. The van der Waals surface area contributed by atoms with E-state index in [9.17, 15) is 9.59 Å². The molecule has 3 N–H and O–H groups in total. The molecule has 0 spiro atoms. The van der Waals surface area contributed by atoms with Crippen LogP contribution in [0.5, 0.6) is 5.75 Å². The highest BCUT2D eigenvalue weighted by atomic mass is 16.5. The van der Waals surface area contributed by atoms with Crippen LogP contribution < -0.4 is 15.4 Å². The first kappa shape index (κ1) is 16.8. The van der Waals surface area contributed by atoms with Gasteiger partial charge < -0.3 is 20.5 Å². The Hall–Kier alpha value is -2.24. The molecule has 1 atom stereocenters. The van der Waals surface area contributed by atoms with Crippen LogP contribution in [-0.4, -0.2) is 29.9 Å². The van der Waals surface area contributed by atoms with Crippen molar-refractivity contribution in [3.63, 3.8) is 0 Å². The lowest BCUT2D eigenvalue weighted by molar-refractivity contribution is -0.139. The highest BCUT2D eigenvalue weighted by Gasteiger charge is 2.20. The summed E-state index contributed by atoms with van der Waals surface area (Å²) in [6.07, 6.45) is 0.377. The molecule has 0 aliphatic heterocycles. The number of amides is 2. The molecule has 1 unspecified atom stereocenters. The molecule has 1 rings (SSSR count). The van der Waals surface area contributed by atoms with Gasteiger partial charge in [-0.05, 0) is 31.4 Å². The van der Waals surface area contributed by atoms with Crippen molar-refractivity contribution in [2.24, 2.45) is 5.92 Å². The number of rotatable bonds is 7. The summed E-state index contributed by atoms with van der Waals surface area (Å²) in [5, 5.41) is 13.9. The van der Waals surface area contributed by atoms with Crippen molar-refractivity contribution in [2.45, 2.75) is 33.2 Å². The number of hydrogen-bond donors (Lipinski definition) is 3. The molecule has 116 valence electrons. The second-order valence-electron chi connectivity index (χ2n) is 5.27. The first-order valence-corrected chi connectivity index (χ1v) is 6.85. The molecule has 0 aliphatic rings. The maximum atomic E-state index is 11.6. The highest BCUT2D eigenvalue weighted by molar-refractivity contribution is 5.82.